The Labute approximate surface area is 262 Å². The summed E-state index contributed by atoms with van der Waals surface area (Å²) in [5.74, 6) is 2.80. The molecule has 0 aliphatic heterocycles. The summed E-state index contributed by atoms with van der Waals surface area (Å²) in [5.41, 5.74) is 7.04. The van der Waals surface area contributed by atoms with Gasteiger partial charge in [-0.05, 0) is 106 Å². The lowest BCUT2D eigenvalue weighted by Gasteiger charge is -2.35. The predicted molar refractivity (Wildman–Crippen MR) is 191 cm³/mol. The molecule has 0 spiro atoms. The smallest absolute Gasteiger partial charge is 0.0171 e. The highest BCUT2D eigenvalue weighted by atomic mass is 31.1. The fraction of sp³-hybridized carbons (Fsp3) is 0.146. The molecule has 0 N–H and O–H groups in total. The van der Waals surface area contributed by atoms with Crippen molar-refractivity contribution in [2.75, 3.05) is 0 Å². The first-order valence-corrected chi connectivity index (χ1v) is 17.9. The molecule has 1 aliphatic carbocycles. The number of benzene rings is 5. The zero-order valence-electron chi connectivity index (χ0n) is 25.8. The van der Waals surface area contributed by atoms with E-state index in [-0.39, 0.29) is 0 Å². The SMILES string of the molecule is Cc1cc(C)cc(P(c2cc(C)cc(C)c2)[C@@H](C)[C]2[CH][CH][CH][C]2c2ccccc2P(c2ccccc2)c2ccccc2)c1. The monoisotopic (exact) mass is 593 g/mol. The van der Waals surface area contributed by atoms with Gasteiger partial charge in [0.05, 0.1) is 0 Å². The van der Waals surface area contributed by atoms with Crippen molar-refractivity contribution in [3.63, 3.8) is 0 Å². The molecular weight excluding hydrogens is 554 g/mol. The molecule has 0 unspecified atom stereocenters. The average Bonchev–Trinajstić information content (AvgIpc) is 3.48. The van der Waals surface area contributed by atoms with E-state index in [1.54, 1.807) is 0 Å². The van der Waals surface area contributed by atoms with Crippen molar-refractivity contribution in [3.8, 4) is 0 Å². The van der Waals surface area contributed by atoms with Gasteiger partial charge in [-0.2, -0.15) is 0 Å². The molecule has 1 atom stereocenters. The summed E-state index contributed by atoms with van der Waals surface area (Å²) < 4.78 is 0. The van der Waals surface area contributed by atoms with Gasteiger partial charge in [-0.25, -0.2) is 0 Å². The predicted octanol–water partition coefficient (Wildman–Crippen LogP) is 8.32. The fourth-order valence-corrected chi connectivity index (χ4v) is 12.0. The van der Waals surface area contributed by atoms with Crippen LogP contribution in [0.5, 0.6) is 0 Å². The second-order valence-corrected chi connectivity index (χ2v) is 16.4. The van der Waals surface area contributed by atoms with Crippen molar-refractivity contribution in [1.29, 1.82) is 0 Å². The molecular formula is C41H39P2. The Balaban J connectivity index is 1.45. The van der Waals surface area contributed by atoms with Gasteiger partial charge in [0.2, 0.25) is 0 Å². The van der Waals surface area contributed by atoms with Gasteiger partial charge in [0.15, 0.2) is 0 Å². The van der Waals surface area contributed by atoms with Gasteiger partial charge in [0, 0.05) is 5.92 Å². The van der Waals surface area contributed by atoms with Crippen LogP contribution in [0.3, 0.4) is 0 Å². The maximum Gasteiger partial charge on any atom is 0.0171 e. The number of hydrogen-bond acceptors (Lipinski definition) is 0. The van der Waals surface area contributed by atoms with Crippen LogP contribution in [0.2, 0.25) is 0 Å². The molecule has 2 heteroatoms. The summed E-state index contributed by atoms with van der Waals surface area (Å²) in [5, 5.41) is 7.09. The molecule has 213 valence electrons. The fourth-order valence-electron chi connectivity index (χ4n) is 6.44. The zero-order chi connectivity index (χ0) is 29.9. The first-order chi connectivity index (χ1) is 20.9. The highest BCUT2D eigenvalue weighted by molar-refractivity contribution is 7.80. The van der Waals surface area contributed by atoms with Crippen LogP contribution in [-0.2, 0) is 0 Å². The van der Waals surface area contributed by atoms with Crippen molar-refractivity contribution < 1.29 is 0 Å². The van der Waals surface area contributed by atoms with Gasteiger partial charge in [0.1, 0.15) is 0 Å². The Hall–Kier alpha value is -3.04. The van der Waals surface area contributed by atoms with Crippen LogP contribution in [0, 0.1) is 58.8 Å². The summed E-state index contributed by atoms with van der Waals surface area (Å²) in [6, 6.07) is 45.5. The van der Waals surface area contributed by atoms with Crippen LogP contribution in [0.15, 0.2) is 121 Å². The van der Waals surface area contributed by atoms with E-state index in [1.807, 2.05) is 0 Å². The molecule has 1 fully saturated rings. The van der Waals surface area contributed by atoms with Crippen LogP contribution < -0.4 is 26.5 Å². The largest absolute Gasteiger partial charge is 0.0622 e. The van der Waals surface area contributed by atoms with Crippen LogP contribution in [0.1, 0.15) is 34.7 Å². The van der Waals surface area contributed by atoms with E-state index in [0.29, 0.717) is 5.66 Å². The Morgan fingerprint density at radius 2 is 0.953 bits per heavy atom. The van der Waals surface area contributed by atoms with Crippen LogP contribution in [0.4, 0.5) is 0 Å². The molecule has 0 heterocycles. The van der Waals surface area contributed by atoms with E-state index < -0.39 is 15.8 Å². The second-order valence-electron chi connectivity index (χ2n) is 11.7. The summed E-state index contributed by atoms with van der Waals surface area (Å²) in [7, 11) is -1.36. The lowest BCUT2D eigenvalue weighted by atomic mass is 9.87. The molecule has 0 amide bonds. The minimum absolute atomic E-state index is 0.343. The molecule has 0 bridgehead atoms. The van der Waals surface area contributed by atoms with Gasteiger partial charge >= 0.3 is 0 Å². The minimum Gasteiger partial charge on any atom is -0.0622 e. The van der Waals surface area contributed by atoms with E-state index in [0.717, 1.165) is 0 Å². The highest BCUT2D eigenvalue weighted by Gasteiger charge is 2.40. The van der Waals surface area contributed by atoms with E-state index >= 15 is 0 Å². The van der Waals surface area contributed by atoms with Crippen LogP contribution in [-0.4, -0.2) is 5.66 Å². The van der Waals surface area contributed by atoms with E-state index in [9.17, 15) is 0 Å². The summed E-state index contributed by atoms with van der Waals surface area (Å²) >= 11 is 0. The molecule has 0 nitrogen and oxygen atoms in total. The maximum atomic E-state index is 2.46. The quantitative estimate of drug-likeness (QED) is 0.159. The molecule has 5 aromatic carbocycles. The number of hydrogen-bond donors (Lipinski definition) is 0. The lowest BCUT2D eigenvalue weighted by molar-refractivity contribution is 0.963. The van der Waals surface area contributed by atoms with Crippen LogP contribution >= 0.6 is 15.8 Å². The van der Waals surface area contributed by atoms with Gasteiger partial charge < -0.3 is 0 Å². The molecule has 1 aliphatic rings. The normalized spacial score (nSPS) is 15.0. The van der Waals surface area contributed by atoms with Gasteiger partial charge in [-0.15, -0.1) is 0 Å². The Bertz CT molecular complexity index is 1540. The summed E-state index contributed by atoms with van der Waals surface area (Å²) in [6.07, 6.45) is 7.00. The van der Waals surface area contributed by atoms with Crippen molar-refractivity contribution in [2.24, 2.45) is 0 Å². The first kappa shape index (κ1) is 30.0. The molecule has 0 aromatic heterocycles. The second kappa shape index (κ2) is 13.3. The number of aryl methyl sites for hydroxylation is 4. The van der Waals surface area contributed by atoms with E-state index in [4.69, 9.17) is 0 Å². The van der Waals surface area contributed by atoms with Crippen molar-refractivity contribution in [3.05, 3.63) is 180 Å². The summed E-state index contributed by atoms with van der Waals surface area (Å²) in [6.45, 7) is 11.4. The molecule has 43 heavy (non-hydrogen) atoms. The van der Waals surface area contributed by atoms with Gasteiger partial charge in [-0.3, -0.25) is 0 Å². The highest BCUT2D eigenvalue weighted by Crippen LogP contribution is 2.53. The molecule has 5 radical (unpaired) electrons. The van der Waals surface area contributed by atoms with Crippen molar-refractivity contribution >= 4 is 42.4 Å². The maximum absolute atomic E-state index is 2.46. The standard InChI is InChI=1S/C41H39P2/c1-29-23-30(2)26-36(25-29)42(37-27-31(3)24-32(4)28-37)33(5)38-20-14-21-39(38)40-19-12-13-22-41(40)43(34-15-8-6-9-16-34)35-17-10-7-11-18-35/h6-28,33H,1-5H3/t33-/m0/s1. The van der Waals surface area contributed by atoms with Crippen molar-refractivity contribution in [1.82, 2.24) is 0 Å². The average molecular weight is 594 g/mol. The Morgan fingerprint density at radius 1 is 0.488 bits per heavy atom. The molecule has 0 saturated heterocycles. The number of rotatable bonds is 8. The molecule has 1 saturated carbocycles. The first-order valence-electron chi connectivity index (χ1n) is 15.1. The van der Waals surface area contributed by atoms with Gasteiger partial charge in [-0.1, -0.05) is 151 Å². The minimum atomic E-state index is -0.718. The third-order valence-corrected chi connectivity index (χ3v) is 13.3. The van der Waals surface area contributed by atoms with Gasteiger partial charge in [0.25, 0.3) is 0 Å². The van der Waals surface area contributed by atoms with E-state index in [2.05, 4.69) is 175 Å². The third kappa shape index (κ3) is 6.58. The zero-order valence-corrected chi connectivity index (χ0v) is 27.5. The molecule has 5 aromatic rings. The van der Waals surface area contributed by atoms with Crippen molar-refractivity contribution in [2.45, 2.75) is 40.3 Å². The topological polar surface area (TPSA) is 0 Å². The Kier molecular flexibility index (Phi) is 9.28. The molecule has 6 rings (SSSR count). The Morgan fingerprint density at radius 3 is 1.47 bits per heavy atom. The lowest BCUT2D eigenvalue weighted by Crippen LogP contribution is -2.30. The van der Waals surface area contributed by atoms with E-state index in [1.165, 1.54) is 66.2 Å². The summed E-state index contributed by atoms with van der Waals surface area (Å²) in [4.78, 5) is 0. The van der Waals surface area contributed by atoms with Crippen LogP contribution in [0.25, 0.3) is 0 Å². The third-order valence-electron chi connectivity index (χ3n) is 8.12.